The van der Waals surface area contributed by atoms with Gasteiger partial charge in [-0.3, -0.25) is 0 Å². The Kier molecular flexibility index (Phi) is 10.6. The van der Waals surface area contributed by atoms with Crippen molar-refractivity contribution < 1.29 is 9.32 Å². The molecule has 0 aliphatic heterocycles. The highest BCUT2D eigenvalue weighted by molar-refractivity contribution is 7.84. The van der Waals surface area contributed by atoms with Crippen LogP contribution < -0.4 is 4.72 Å². The van der Waals surface area contributed by atoms with Gasteiger partial charge in [-0.1, -0.05) is 69.7 Å². The second kappa shape index (κ2) is 11.8. The van der Waals surface area contributed by atoms with Gasteiger partial charge in [0.25, 0.3) is 0 Å². The topological polar surface area (TPSA) is 49.3 Å². The Hall–Kier alpha value is -0.710. The second-order valence-electron chi connectivity index (χ2n) is 7.88. The summed E-state index contributed by atoms with van der Waals surface area (Å²) in [7, 11) is -1.07. The first-order chi connectivity index (χ1) is 11.9. The van der Waals surface area contributed by atoms with E-state index in [4.69, 9.17) is 0 Å². The summed E-state index contributed by atoms with van der Waals surface area (Å²) in [5, 5.41) is 9.56. The molecule has 1 aromatic rings. The summed E-state index contributed by atoms with van der Waals surface area (Å²) < 4.78 is 15.6. The molecule has 0 saturated heterocycles. The number of hydrogen-bond donors (Lipinski definition) is 2. The lowest BCUT2D eigenvalue weighted by atomic mass is 9.97. The molecule has 0 fully saturated rings. The van der Waals surface area contributed by atoms with E-state index in [0.29, 0.717) is 0 Å². The van der Waals surface area contributed by atoms with Gasteiger partial charge in [-0.15, -0.1) is 0 Å². The Balaban J connectivity index is 2.65. The molecule has 2 atom stereocenters. The smallest absolute Gasteiger partial charge is 0.0972 e. The largest absolute Gasteiger partial charge is 0.392 e. The molecule has 3 nitrogen and oxygen atoms in total. The molecule has 0 radical (unpaired) electrons. The molecular weight excluding hydrogens is 330 g/mol. The summed E-state index contributed by atoms with van der Waals surface area (Å²) >= 11 is 0. The molecule has 0 aliphatic carbocycles. The summed E-state index contributed by atoms with van der Waals surface area (Å²) in [6.07, 6.45) is 9.42. The van der Waals surface area contributed by atoms with E-state index in [-0.39, 0.29) is 17.4 Å². The molecule has 2 N–H and O–H groups in total. The van der Waals surface area contributed by atoms with Gasteiger partial charge in [-0.05, 0) is 44.7 Å². The van der Waals surface area contributed by atoms with Crippen LogP contribution in [0.3, 0.4) is 0 Å². The van der Waals surface area contributed by atoms with Crippen molar-refractivity contribution >= 4 is 11.0 Å². The molecule has 144 valence electrons. The quantitative estimate of drug-likeness (QED) is 0.517. The van der Waals surface area contributed by atoms with E-state index < -0.39 is 11.0 Å². The van der Waals surface area contributed by atoms with Gasteiger partial charge in [-0.25, -0.2) is 8.93 Å². The van der Waals surface area contributed by atoms with E-state index in [1.165, 1.54) is 32.1 Å². The average Bonchev–Trinajstić information content (AvgIpc) is 2.57. The SMILES string of the molecule is CCCCCCCC[C@@H](Cc1ccccc1CO)NS(=O)C(C)(C)C. The molecule has 25 heavy (non-hydrogen) atoms. The first-order valence-corrected chi connectivity index (χ1v) is 10.9. The van der Waals surface area contributed by atoms with Crippen molar-refractivity contribution in [3.05, 3.63) is 35.4 Å². The molecule has 0 aromatic heterocycles. The van der Waals surface area contributed by atoms with Gasteiger partial charge in [0.1, 0.15) is 0 Å². The van der Waals surface area contributed by atoms with Crippen LogP contribution in [0.5, 0.6) is 0 Å². The molecule has 0 heterocycles. The summed E-state index contributed by atoms with van der Waals surface area (Å²) in [4.78, 5) is 0. The van der Waals surface area contributed by atoms with Crippen LogP contribution in [0.2, 0.25) is 0 Å². The standard InChI is InChI=1S/C21H37NO2S/c1-5-6-7-8-9-10-15-20(22-25(24)21(2,3)4)16-18-13-11-12-14-19(18)17-23/h11-14,20,22-23H,5-10,15-17H2,1-4H3/t20-,25?/m0/s1. The molecule has 0 aliphatic rings. The maximum absolute atomic E-state index is 12.5. The van der Waals surface area contributed by atoms with Gasteiger partial charge in [0.15, 0.2) is 0 Å². The van der Waals surface area contributed by atoms with Crippen LogP contribution in [0, 0.1) is 0 Å². The van der Waals surface area contributed by atoms with Gasteiger partial charge in [0.2, 0.25) is 0 Å². The van der Waals surface area contributed by atoms with Crippen molar-refractivity contribution in [2.24, 2.45) is 0 Å². The maximum Gasteiger partial charge on any atom is 0.0972 e. The zero-order valence-corrected chi connectivity index (χ0v) is 17.3. The van der Waals surface area contributed by atoms with E-state index >= 15 is 0 Å². The summed E-state index contributed by atoms with van der Waals surface area (Å²) in [5.41, 5.74) is 2.12. The first-order valence-electron chi connectivity index (χ1n) is 9.74. The lowest BCUT2D eigenvalue weighted by Gasteiger charge is -2.25. The number of hydrogen-bond acceptors (Lipinski definition) is 2. The molecule has 0 amide bonds. The Morgan fingerprint density at radius 2 is 1.64 bits per heavy atom. The van der Waals surface area contributed by atoms with Crippen molar-refractivity contribution in [3.63, 3.8) is 0 Å². The summed E-state index contributed by atoms with van der Waals surface area (Å²) in [6.45, 7) is 8.29. The number of benzene rings is 1. The minimum atomic E-state index is -1.07. The second-order valence-corrected chi connectivity index (χ2v) is 9.88. The van der Waals surface area contributed by atoms with Crippen molar-refractivity contribution in [3.8, 4) is 0 Å². The third-order valence-electron chi connectivity index (χ3n) is 4.49. The van der Waals surface area contributed by atoms with Crippen molar-refractivity contribution in [2.75, 3.05) is 0 Å². The van der Waals surface area contributed by atoms with E-state index in [9.17, 15) is 9.32 Å². The Morgan fingerprint density at radius 1 is 1.04 bits per heavy atom. The molecular formula is C21H37NO2S. The fraction of sp³-hybridized carbons (Fsp3) is 0.714. The van der Waals surface area contributed by atoms with E-state index in [1.807, 2.05) is 39.0 Å². The summed E-state index contributed by atoms with van der Waals surface area (Å²) in [6, 6.07) is 8.19. The molecule has 1 unspecified atom stereocenters. The van der Waals surface area contributed by atoms with Gasteiger partial charge in [0, 0.05) is 6.04 Å². The van der Waals surface area contributed by atoms with Gasteiger partial charge < -0.3 is 5.11 Å². The van der Waals surface area contributed by atoms with E-state index in [2.05, 4.69) is 17.7 Å². The van der Waals surface area contributed by atoms with Crippen LogP contribution >= 0.6 is 0 Å². The fourth-order valence-electron chi connectivity index (χ4n) is 2.88. The summed E-state index contributed by atoms with van der Waals surface area (Å²) in [5.74, 6) is 0. The van der Waals surface area contributed by atoms with Crippen LogP contribution in [0.1, 0.15) is 83.8 Å². The number of nitrogens with one attached hydrogen (secondary N) is 1. The zero-order chi connectivity index (χ0) is 18.7. The number of rotatable bonds is 12. The van der Waals surface area contributed by atoms with Gasteiger partial charge in [0.05, 0.1) is 22.3 Å². The predicted molar refractivity (Wildman–Crippen MR) is 109 cm³/mol. The van der Waals surface area contributed by atoms with Crippen LogP contribution in [-0.2, 0) is 24.0 Å². The van der Waals surface area contributed by atoms with Crippen LogP contribution in [0.15, 0.2) is 24.3 Å². The fourth-order valence-corrected chi connectivity index (χ4v) is 3.74. The van der Waals surface area contributed by atoms with Gasteiger partial charge in [-0.2, -0.15) is 0 Å². The highest BCUT2D eigenvalue weighted by Gasteiger charge is 2.23. The minimum Gasteiger partial charge on any atom is -0.392 e. The molecule has 1 aromatic carbocycles. The molecule has 1 rings (SSSR count). The van der Waals surface area contributed by atoms with E-state index in [0.717, 1.165) is 30.4 Å². The van der Waals surface area contributed by atoms with Crippen molar-refractivity contribution in [1.82, 2.24) is 4.72 Å². The average molecular weight is 368 g/mol. The monoisotopic (exact) mass is 367 g/mol. The third kappa shape index (κ3) is 8.98. The third-order valence-corrected chi connectivity index (χ3v) is 6.15. The van der Waals surface area contributed by atoms with Crippen LogP contribution in [0.4, 0.5) is 0 Å². The molecule has 0 saturated carbocycles. The first kappa shape index (κ1) is 22.3. The van der Waals surface area contributed by atoms with Gasteiger partial charge >= 0.3 is 0 Å². The molecule has 0 bridgehead atoms. The minimum absolute atomic E-state index is 0.0578. The number of aliphatic hydroxyl groups excluding tert-OH is 1. The lowest BCUT2D eigenvalue weighted by Crippen LogP contribution is -2.41. The molecule has 4 heteroatoms. The zero-order valence-electron chi connectivity index (χ0n) is 16.5. The van der Waals surface area contributed by atoms with Crippen LogP contribution in [-0.4, -0.2) is 20.1 Å². The molecule has 0 spiro atoms. The Labute approximate surface area is 157 Å². The predicted octanol–water partition coefficient (Wildman–Crippen LogP) is 4.89. The normalized spacial score (nSPS) is 14.4. The highest BCUT2D eigenvalue weighted by Crippen LogP contribution is 2.18. The number of aliphatic hydroxyl groups is 1. The Bertz CT molecular complexity index is 511. The highest BCUT2D eigenvalue weighted by atomic mass is 32.2. The number of unbranched alkanes of at least 4 members (excludes halogenated alkanes) is 5. The van der Waals surface area contributed by atoms with Crippen molar-refractivity contribution in [1.29, 1.82) is 0 Å². The van der Waals surface area contributed by atoms with E-state index in [1.54, 1.807) is 0 Å². The lowest BCUT2D eigenvalue weighted by molar-refractivity contribution is 0.280. The Morgan fingerprint density at radius 3 is 2.24 bits per heavy atom. The van der Waals surface area contributed by atoms with Crippen molar-refractivity contribution in [2.45, 2.75) is 96.5 Å². The van der Waals surface area contributed by atoms with Crippen LogP contribution in [0.25, 0.3) is 0 Å². The maximum atomic E-state index is 12.5.